The first-order valence-electron chi connectivity index (χ1n) is 10.7. The lowest BCUT2D eigenvalue weighted by atomic mass is 10.1. The van der Waals surface area contributed by atoms with Crippen LogP contribution in [0.4, 0.5) is 0 Å². The molecular weight excluding hydrogens is 426 g/mol. The third-order valence-electron chi connectivity index (χ3n) is 5.62. The summed E-state index contributed by atoms with van der Waals surface area (Å²) in [7, 11) is 6.37. The van der Waals surface area contributed by atoms with Gasteiger partial charge in [-0.2, -0.15) is 0 Å². The van der Waals surface area contributed by atoms with Gasteiger partial charge in [-0.05, 0) is 18.2 Å². The smallest absolute Gasteiger partial charge is 0.312 e. The summed E-state index contributed by atoms with van der Waals surface area (Å²) in [5.74, 6) is 1.76. The van der Waals surface area contributed by atoms with Gasteiger partial charge in [-0.15, -0.1) is 0 Å². The Kier molecular flexibility index (Phi) is 8.37. The van der Waals surface area contributed by atoms with Crippen molar-refractivity contribution in [3.63, 3.8) is 0 Å². The summed E-state index contributed by atoms with van der Waals surface area (Å²) in [4.78, 5) is 28.5. The standard InChI is InChI=1S/C24H31N3O6/c1-30-19-7-5-17(21(13-19)32-3)15-25-9-10-26-11-12-27(24(29)23(26)28)16-18-6-8-20(31-2)14-22(18)33-4/h5-8,13-14,25H,9-12,15-16H2,1-4H3. The van der Waals surface area contributed by atoms with Crippen LogP contribution >= 0.6 is 0 Å². The minimum absolute atomic E-state index is 0.307. The van der Waals surface area contributed by atoms with E-state index in [1.165, 1.54) is 0 Å². The fourth-order valence-corrected chi connectivity index (χ4v) is 3.70. The van der Waals surface area contributed by atoms with E-state index in [1.807, 2.05) is 30.3 Å². The summed E-state index contributed by atoms with van der Waals surface area (Å²) < 4.78 is 21.2. The molecule has 0 radical (unpaired) electrons. The van der Waals surface area contributed by atoms with E-state index in [0.717, 1.165) is 22.6 Å². The number of benzene rings is 2. The number of carbonyl (C=O) groups is 2. The lowest BCUT2D eigenvalue weighted by Gasteiger charge is -2.34. The van der Waals surface area contributed by atoms with Crippen molar-refractivity contribution < 1.29 is 28.5 Å². The molecule has 2 aromatic carbocycles. The summed E-state index contributed by atoms with van der Waals surface area (Å²) in [6.07, 6.45) is 0. The summed E-state index contributed by atoms with van der Waals surface area (Å²) in [6, 6.07) is 11.1. The summed E-state index contributed by atoms with van der Waals surface area (Å²) in [5, 5.41) is 3.31. The highest BCUT2D eigenvalue weighted by Gasteiger charge is 2.32. The number of methoxy groups -OCH3 is 4. The largest absolute Gasteiger partial charge is 0.497 e. The summed E-state index contributed by atoms with van der Waals surface area (Å²) in [5.41, 5.74) is 1.81. The highest BCUT2D eigenvalue weighted by Crippen LogP contribution is 2.26. The zero-order valence-electron chi connectivity index (χ0n) is 19.6. The number of piperazine rings is 1. The Morgan fingerprint density at radius 2 is 1.30 bits per heavy atom. The first-order valence-corrected chi connectivity index (χ1v) is 10.7. The molecule has 0 spiro atoms. The van der Waals surface area contributed by atoms with Crippen LogP contribution in [0, 0.1) is 0 Å². The van der Waals surface area contributed by atoms with Crippen molar-refractivity contribution >= 4 is 11.8 Å². The Labute approximate surface area is 194 Å². The molecule has 1 saturated heterocycles. The Balaban J connectivity index is 1.51. The number of nitrogens with zero attached hydrogens (tertiary/aromatic N) is 2. The minimum atomic E-state index is -0.504. The highest BCUT2D eigenvalue weighted by molar-refractivity contribution is 6.35. The number of nitrogens with one attached hydrogen (secondary N) is 1. The van der Waals surface area contributed by atoms with Gasteiger partial charge in [0.2, 0.25) is 0 Å². The monoisotopic (exact) mass is 457 g/mol. The average molecular weight is 458 g/mol. The molecule has 0 atom stereocenters. The molecule has 0 unspecified atom stereocenters. The van der Waals surface area contributed by atoms with Crippen LogP contribution in [0.3, 0.4) is 0 Å². The number of amides is 2. The maximum absolute atomic E-state index is 12.7. The van der Waals surface area contributed by atoms with Gasteiger partial charge in [0, 0.05) is 62.5 Å². The Morgan fingerprint density at radius 3 is 1.91 bits per heavy atom. The quantitative estimate of drug-likeness (QED) is 0.406. The van der Waals surface area contributed by atoms with Gasteiger partial charge in [0.1, 0.15) is 23.0 Å². The number of carbonyl (C=O) groups excluding carboxylic acids is 2. The molecule has 1 aliphatic rings. The molecular formula is C24H31N3O6. The molecule has 3 rings (SSSR count). The second kappa shape index (κ2) is 11.4. The zero-order valence-corrected chi connectivity index (χ0v) is 19.6. The van der Waals surface area contributed by atoms with Crippen LogP contribution < -0.4 is 24.3 Å². The van der Waals surface area contributed by atoms with E-state index in [1.54, 1.807) is 44.3 Å². The molecule has 9 heteroatoms. The van der Waals surface area contributed by atoms with Crippen LogP contribution in [0.25, 0.3) is 0 Å². The second-order valence-electron chi connectivity index (χ2n) is 7.55. The molecule has 0 saturated carbocycles. The van der Waals surface area contributed by atoms with Crippen molar-refractivity contribution in [3.8, 4) is 23.0 Å². The summed E-state index contributed by atoms with van der Waals surface area (Å²) in [6.45, 7) is 2.83. The molecule has 1 N–H and O–H groups in total. The topological polar surface area (TPSA) is 89.6 Å². The van der Waals surface area contributed by atoms with Gasteiger partial charge < -0.3 is 34.1 Å². The molecule has 0 aromatic heterocycles. The molecule has 1 heterocycles. The lowest BCUT2D eigenvalue weighted by molar-refractivity contribution is -0.156. The second-order valence-corrected chi connectivity index (χ2v) is 7.55. The SMILES string of the molecule is COc1ccc(CNCCN2CCN(Cc3ccc(OC)cc3OC)C(=O)C2=O)c(OC)c1. The predicted octanol–water partition coefficient (Wildman–Crippen LogP) is 1.68. The van der Waals surface area contributed by atoms with Crippen LogP contribution in [0.2, 0.25) is 0 Å². The third kappa shape index (κ3) is 5.87. The molecule has 9 nitrogen and oxygen atoms in total. The molecule has 1 fully saturated rings. The van der Waals surface area contributed by atoms with Gasteiger partial charge in [-0.3, -0.25) is 9.59 Å². The van der Waals surface area contributed by atoms with Gasteiger partial charge in [0.05, 0.1) is 28.4 Å². The zero-order chi connectivity index (χ0) is 23.8. The average Bonchev–Trinajstić information content (AvgIpc) is 2.85. The van der Waals surface area contributed by atoms with Crippen LogP contribution in [0.15, 0.2) is 36.4 Å². The molecule has 178 valence electrons. The van der Waals surface area contributed by atoms with E-state index in [9.17, 15) is 9.59 Å². The van der Waals surface area contributed by atoms with Gasteiger partial charge >= 0.3 is 11.8 Å². The third-order valence-corrected chi connectivity index (χ3v) is 5.62. The van der Waals surface area contributed by atoms with E-state index in [0.29, 0.717) is 50.8 Å². The van der Waals surface area contributed by atoms with Gasteiger partial charge in [0.25, 0.3) is 0 Å². The van der Waals surface area contributed by atoms with Gasteiger partial charge in [-0.25, -0.2) is 0 Å². The highest BCUT2D eigenvalue weighted by atomic mass is 16.5. The first-order chi connectivity index (χ1) is 16.0. The predicted molar refractivity (Wildman–Crippen MR) is 123 cm³/mol. The van der Waals surface area contributed by atoms with Crippen molar-refractivity contribution in [2.75, 3.05) is 54.6 Å². The van der Waals surface area contributed by atoms with Crippen molar-refractivity contribution in [2.24, 2.45) is 0 Å². The lowest BCUT2D eigenvalue weighted by Crippen LogP contribution is -2.55. The number of hydrogen-bond donors (Lipinski definition) is 1. The number of hydrogen-bond acceptors (Lipinski definition) is 7. The van der Waals surface area contributed by atoms with E-state index in [4.69, 9.17) is 18.9 Å². The molecule has 2 aromatic rings. The van der Waals surface area contributed by atoms with E-state index in [-0.39, 0.29) is 0 Å². The first kappa shape index (κ1) is 24.2. The molecule has 1 aliphatic heterocycles. The van der Waals surface area contributed by atoms with E-state index < -0.39 is 11.8 Å². The van der Waals surface area contributed by atoms with Crippen molar-refractivity contribution in [1.82, 2.24) is 15.1 Å². The molecule has 33 heavy (non-hydrogen) atoms. The Morgan fingerprint density at radius 1 is 0.758 bits per heavy atom. The van der Waals surface area contributed by atoms with Gasteiger partial charge in [-0.1, -0.05) is 6.07 Å². The molecule has 0 aliphatic carbocycles. The van der Waals surface area contributed by atoms with Crippen LogP contribution in [-0.4, -0.2) is 76.2 Å². The van der Waals surface area contributed by atoms with Gasteiger partial charge in [0.15, 0.2) is 0 Å². The van der Waals surface area contributed by atoms with E-state index >= 15 is 0 Å². The minimum Gasteiger partial charge on any atom is -0.497 e. The number of ether oxygens (including phenoxy) is 4. The fraction of sp³-hybridized carbons (Fsp3) is 0.417. The Hall–Kier alpha value is -3.46. The van der Waals surface area contributed by atoms with Crippen molar-refractivity contribution in [3.05, 3.63) is 47.5 Å². The van der Waals surface area contributed by atoms with Crippen LogP contribution in [-0.2, 0) is 22.7 Å². The molecule has 0 bridgehead atoms. The number of rotatable bonds is 11. The van der Waals surface area contributed by atoms with E-state index in [2.05, 4.69) is 5.32 Å². The fourth-order valence-electron chi connectivity index (χ4n) is 3.70. The van der Waals surface area contributed by atoms with Crippen LogP contribution in [0.1, 0.15) is 11.1 Å². The summed E-state index contributed by atoms with van der Waals surface area (Å²) >= 11 is 0. The molecule has 2 amide bonds. The normalized spacial score (nSPS) is 13.8. The van der Waals surface area contributed by atoms with Crippen LogP contribution in [0.5, 0.6) is 23.0 Å². The van der Waals surface area contributed by atoms with Crippen molar-refractivity contribution in [2.45, 2.75) is 13.1 Å². The maximum atomic E-state index is 12.7. The Bertz CT molecular complexity index is 979. The maximum Gasteiger partial charge on any atom is 0.312 e. The van der Waals surface area contributed by atoms with Crippen molar-refractivity contribution in [1.29, 1.82) is 0 Å².